The van der Waals surface area contributed by atoms with E-state index in [0.717, 1.165) is 109 Å². The van der Waals surface area contributed by atoms with Crippen molar-refractivity contribution < 1.29 is 32.1 Å². The summed E-state index contributed by atoms with van der Waals surface area (Å²) in [4.78, 5) is 2.05. The van der Waals surface area contributed by atoms with E-state index in [2.05, 4.69) is 66.7 Å². The Morgan fingerprint density at radius 1 is 0.353 bits per heavy atom. The number of hydrazone groups is 2. The Morgan fingerprint density at radius 2 is 0.638 bits per heavy atom. The summed E-state index contributed by atoms with van der Waals surface area (Å²) in [5, 5.41) is 52.6. The quantitative estimate of drug-likeness (QED) is 0.0151. The Kier molecular flexibility index (Phi) is 42.2. The normalized spacial score (nSPS) is 10.4. The van der Waals surface area contributed by atoms with Crippen molar-refractivity contribution in [2.24, 2.45) is 122 Å². The molecule has 0 aliphatic rings. The predicted molar refractivity (Wildman–Crippen MR) is 477 cm³/mol. The second-order valence-corrected chi connectivity index (χ2v) is 25.3. The van der Waals surface area contributed by atoms with Gasteiger partial charge in [0.05, 0.1) is 137 Å². The maximum Gasteiger partial charge on any atom is 0.421 e. The molecule has 6 N–H and O–H groups in total. The number of pyridine rings is 2. The second kappa shape index (κ2) is 49.9. The van der Waals surface area contributed by atoms with Crippen molar-refractivity contribution in [3.8, 4) is 5.75 Å². The largest absolute Gasteiger partial charge is 0.497 e. The molecule has 612 valence electrons. The van der Waals surface area contributed by atoms with E-state index in [9.17, 15) is 0 Å². The Morgan fingerprint density at radius 3 is 0.940 bits per heavy atom. The molecule has 0 aliphatic carbocycles. The third-order valence-electron chi connectivity index (χ3n) is 16.4. The lowest BCUT2D eigenvalue weighted by molar-refractivity contribution is -0.671. The summed E-state index contributed by atoms with van der Waals surface area (Å²) in [7, 11) is 30.9. The third kappa shape index (κ3) is 31.5. The van der Waals surface area contributed by atoms with Gasteiger partial charge in [-0.3, -0.25) is 10.0 Å². The number of nitrogens with one attached hydrogen (secondary N) is 2. The Bertz CT molecular complexity index is 5030. The van der Waals surface area contributed by atoms with Crippen molar-refractivity contribution in [3.05, 3.63) is 308 Å². The molecule has 0 unspecified atom stereocenters. The summed E-state index contributed by atoms with van der Waals surface area (Å²) >= 11 is 0. The molecule has 28 heteroatoms. The monoisotopic (exact) mass is 1570 g/mol. The number of azo groups is 4. The van der Waals surface area contributed by atoms with Gasteiger partial charge in [-0.1, -0.05) is 60.9 Å². The highest BCUT2D eigenvalue weighted by Crippen LogP contribution is 2.25. The molecule has 0 radical (unpaired) electrons. The zero-order chi connectivity index (χ0) is 78.9. The van der Waals surface area contributed by atoms with Crippen molar-refractivity contribution >= 4 is 104 Å². The smallest absolute Gasteiger partial charge is 0.421 e. The molecule has 0 bridgehead atoms. The van der Waals surface area contributed by atoms with E-state index in [1.54, 1.807) is 19.2 Å². The van der Waals surface area contributed by atoms with Crippen LogP contribution in [0, 0.1) is 22.3 Å². The summed E-state index contributed by atoms with van der Waals surface area (Å²) in [6.45, 7) is 0. The van der Waals surface area contributed by atoms with E-state index < -0.39 is 0 Å². The highest BCUT2D eigenvalue weighted by atomic mass is 16.5. The molecule has 0 saturated carbocycles. The number of nitrogens with two attached hydrogens (primary N) is 2. The third-order valence-corrected chi connectivity index (χ3v) is 16.4. The first-order chi connectivity index (χ1) is 53.0. The van der Waals surface area contributed by atoms with Gasteiger partial charge in [-0.15, -0.1) is 0 Å². The average Bonchev–Trinajstić information content (AvgIpc) is 1.65. The first kappa shape index (κ1) is 97.9. The molecule has 0 saturated heterocycles. The van der Waals surface area contributed by atoms with Crippen molar-refractivity contribution in [2.75, 3.05) is 79.4 Å². The second-order valence-electron chi connectivity index (χ2n) is 25.3. The van der Waals surface area contributed by atoms with Crippen LogP contribution in [-0.4, -0.2) is 73.0 Å². The molecule has 13 aromatic rings. The number of rotatable bonds is 19. The minimum atomic E-state index is 0. The fraction of sp³-hybridized carbons (Fsp3) is 0.216. The highest BCUT2D eigenvalue weighted by Gasteiger charge is 2.14. The minimum absolute atomic E-state index is 0. The molecule has 7 aromatic carbocycles. The van der Waals surface area contributed by atoms with Gasteiger partial charge < -0.3 is 54.0 Å². The summed E-state index contributed by atoms with van der Waals surface area (Å²) in [5.74, 6) is 4.04. The molecule has 0 aliphatic heterocycles. The molecule has 0 atom stereocenters. The summed E-state index contributed by atoms with van der Waals surface area (Å²) in [5.41, 5.74) is 24.4. The molecule has 6 heterocycles. The van der Waals surface area contributed by atoms with Crippen LogP contribution in [0.4, 0.5) is 92.0 Å². The van der Waals surface area contributed by atoms with Crippen LogP contribution in [0.25, 0.3) is 0 Å². The number of nitrogens with zero attached hydrogens (tertiary/aromatic N) is 23. The van der Waals surface area contributed by atoms with Crippen LogP contribution >= 0.6 is 0 Å². The van der Waals surface area contributed by atoms with Crippen molar-refractivity contribution in [1.82, 2.24) is 18.3 Å². The van der Waals surface area contributed by atoms with Gasteiger partial charge in [-0.25, -0.2) is 45.7 Å². The number of hydrogen-bond acceptors (Lipinski definition) is 18. The van der Waals surface area contributed by atoms with Crippen LogP contribution in [-0.2, 0) is 70.5 Å². The maximum atomic E-state index is 5.68. The number of benzene rings is 7. The Hall–Kier alpha value is -14.2. The maximum absolute atomic E-state index is 5.68. The van der Waals surface area contributed by atoms with Gasteiger partial charge in [0.2, 0.25) is 0 Å². The predicted octanol–water partition coefficient (Wildman–Crippen LogP) is 17.3. The number of hydrogen-bond donors (Lipinski definition) is 4. The average molecular weight is 1570 g/mol. The number of imidazole rings is 4. The van der Waals surface area contributed by atoms with Crippen LogP contribution < -0.4 is 69.2 Å². The van der Waals surface area contributed by atoms with Crippen LogP contribution in [0.15, 0.2) is 326 Å². The molecule has 6 aromatic heterocycles. The van der Waals surface area contributed by atoms with E-state index in [-0.39, 0.29) is 44.6 Å². The van der Waals surface area contributed by atoms with E-state index in [0.29, 0.717) is 0 Å². The van der Waals surface area contributed by atoms with Crippen molar-refractivity contribution in [1.29, 1.82) is 0 Å². The number of aromatic nitrogens is 10. The minimum Gasteiger partial charge on any atom is -0.497 e. The number of nitrogen functional groups attached to an aromatic ring is 2. The van der Waals surface area contributed by atoms with E-state index >= 15 is 0 Å². The van der Waals surface area contributed by atoms with E-state index in [4.69, 9.17) is 16.2 Å². The summed E-state index contributed by atoms with van der Waals surface area (Å²) < 4.78 is 24.5. The zero-order valence-electron chi connectivity index (χ0n) is 68.5. The van der Waals surface area contributed by atoms with Gasteiger partial charge in [0, 0.05) is 125 Å². The zero-order valence-corrected chi connectivity index (χ0v) is 68.5. The fourth-order valence-corrected chi connectivity index (χ4v) is 9.78. The first-order valence-corrected chi connectivity index (χ1v) is 35.0. The van der Waals surface area contributed by atoms with E-state index in [1.165, 1.54) is 0 Å². The van der Waals surface area contributed by atoms with Crippen LogP contribution in [0.2, 0.25) is 0 Å². The van der Waals surface area contributed by atoms with Gasteiger partial charge in [-0.2, -0.15) is 10.2 Å². The Labute approximate surface area is 688 Å². The molecule has 0 fully saturated rings. The number of aryl methyl sites for hydroxylation is 10. The lowest BCUT2D eigenvalue weighted by Gasteiger charge is -2.12. The van der Waals surface area contributed by atoms with Gasteiger partial charge in [0.1, 0.15) is 42.6 Å². The van der Waals surface area contributed by atoms with Gasteiger partial charge in [0.25, 0.3) is 0 Å². The van der Waals surface area contributed by atoms with Crippen LogP contribution in [0.5, 0.6) is 5.75 Å². The summed E-state index contributed by atoms with van der Waals surface area (Å²) in [6, 6.07) is 64.4. The molecule has 0 amide bonds. The molecular weight excluding hydrogens is 1450 g/mol. The first-order valence-electron chi connectivity index (χ1n) is 35.0. The summed E-state index contributed by atoms with van der Waals surface area (Å²) in [6.07, 6.45) is 27.2. The molecule has 116 heavy (non-hydrogen) atoms. The lowest BCUT2D eigenvalue weighted by Crippen LogP contribution is -2.25. The van der Waals surface area contributed by atoms with Crippen molar-refractivity contribution in [3.63, 3.8) is 0 Å². The number of ether oxygens (including phenoxy) is 1. The standard InChI is InChI=1S/C17H18N6.C15H18N3O.C14H16N3.C13H18N5.C12H15N5.C11H13N5.3CH4.3CH3/c1-22-11-12-23(2)17(22)21-20-16-9-7-15(8-10-16)19-14-5-3-13(18)4-6-14;1-17-10-8-13(9-11-17)12-16-18(2)14-4-6-15(19-3)7-5-14;1-16-10-8-13(9-11-16)12-15-17(2)14-6-4-3-5-7-14;1-16(2)12-7-5-11(6-8-12)14-15-13-17(3)9-10-18(13)4;1-13-10-4-6-11(7-5-10)14-15-12-16(2)8-9-17(12)3;1-15-7-8-16(2)11(15)14-13-10-5-3-9(12)4-6-10;;;;;;/h3-12H,1-2H3,(H2,18,20);4-12H,1-3H3;3-12H,1-2H3;5-10H,1-4H3;4-9H,1-3H3;3-8,12H,1-2H3;3*1H4;3*1H3/q;3*+1;;;;;;3*-1/p+3. The van der Waals surface area contributed by atoms with Gasteiger partial charge in [-0.05, 0) is 158 Å². The number of para-hydroxylation sites is 1. The van der Waals surface area contributed by atoms with Crippen LogP contribution in [0.3, 0.4) is 0 Å². The molecule has 0 spiro atoms. The topological polar surface area (TPSA) is 262 Å². The number of anilines is 8. The van der Waals surface area contributed by atoms with Gasteiger partial charge in [0.15, 0.2) is 24.8 Å². The highest BCUT2D eigenvalue weighted by molar-refractivity contribution is 5.80. The SMILES string of the molecule is C.C.C.CN(C)c1ccc(N=Nc2n(C)cc[n+]2C)cc1.CN(N=Cc1cc[n+](C)cc1)c1ccccc1.CNc1ccc(N=Nc2n(C)cc[n+]2C)cc1.COc1ccc(N(C)N=Cc2cc[n+](C)cc2)cc1.Cn1cc[n+](C)c1N=Nc1ccc(N)cc1.Cn1cc[n+](C)c1N=Nc1ccc(Nc2ccc(N)cc2)cc1.[CH3-].[CH3-].[CH3-]. The molecule has 13 rings (SSSR count). The van der Waals surface area contributed by atoms with Crippen LogP contribution in [0.1, 0.15) is 33.4 Å². The Balaban J connectivity index is 0.000000469. The van der Waals surface area contributed by atoms with Crippen molar-refractivity contribution in [2.45, 2.75) is 22.3 Å². The fourth-order valence-electron chi connectivity index (χ4n) is 9.78. The lowest BCUT2D eigenvalue weighted by atomic mass is 10.2. The van der Waals surface area contributed by atoms with Gasteiger partial charge >= 0.3 is 23.8 Å². The van der Waals surface area contributed by atoms with E-state index in [1.807, 2.05) is 436 Å². The molecule has 28 nitrogen and oxygen atoms in total. The molecular formula is C88H122N27O+3. The number of methoxy groups -OCH3 is 1.